The van der Waals surface area contributed by atoms with E-state index in [2.05, 4.69) is 23.4 Å². The molecule has 1 N–H and O–H groups in total. The molecule has 0 bridgehead atoms. The molecule has 3 rings (SSSR count). The van der Waals surface area contributed by atoms with Crippen LogP contribution in [-0.2, 0) is 0 Å². The fraction of sp³-hybridized carbons (Fsp3) is 0.471. The zero-order valence-electron chi connectivity index (χ0n) is 12.4. The Bertz CT molecular complexity index is 572. The first kappa shape index (κ1) is 14.5. The molecule has 1 saturated carbocycles. The van der Waals surface area contributed by atoms with Gasteiger partial charge >= 0.3 is 0 Å². The molecule has 0 saturated heterocycles. The van der Waals surface area contributed by atoms with Gasteiger partial charge in [0.25, 0.3) is 0 Å². The normalized spacial score (nSPS) is 22.2. The molecular weight excluding hydrogens is 282 g/mol. The predicted octanol–water partition coefficient (Wildman–Crippen LogP) is 4.76. The van der Waals surface area contributed by atoms with E-state index in [9.17, 15) is 0 Å². The number of nitrogens with one attached hydrogen (secondary N) is 1. The SMILES string of the molecule is CC1CCC(CNc2cccc(Cl)c2-n2cccn2)CC1. The van der Waals surface area contributed by atoms with Crippen LogP contribution in [0.5, 0.6) is 0 Å². The highest BCUT2D eigenvalue weighted by Crippen LogP contribution is 2.31. The second-order valence-corrected chi connectivity index (χ2v) is 6.50. The third-order valence-electron chi connectivity index (χ3n) is 4.44. The third kappa shape index (κ3) is 3.41. The van der Waals surface area contributed by atoms with Crippen LogP contribution in [0.15, 0.2) is 36.7 Å². The first-order valence-corrected chi connectivity index (χ1v) is 8.14. The maximum Gasteiger partial charge on any atom is 0.106 e. The van der Waals surface area contributed by atoms with E-state index in [0.29, 0.717) is 0 Å². The van der Waals surface area contributed by atoms with Gasteiger partial charge in [-0.15, -0.1) is 0 Å². The fourth-order valence-electron chi connectivity index (χ4n) is 3.08. The molecule has 1 aliphatic carbocycles. The van der Waals surface area contributed by atoms with Crippen LogP contribution in [0.1, 0.15) is 32.6 Å². The van der Waals surface area contributed by atoms with E-state index in [-0.39, 0.29) is 0 Å². The van der Waals surface area contributed by atoms with Gasteiger partial charge in [-0.3, -0.25) is 0 Å². The molecule has 0 atom stereocenters. The molecule has 1 aromatic heterocycles. The maximum atomic E-state index is 6.36. The summed E-state index contributed by atoms with van der Waals surface area (Å²) in [5.74, 6) is 1.66. The smallest absolute Gasteiger partial charge is 0.106 e. The van der Waals surface area contributed by atoms with E-state index in [4.69, 9.17) is 11.6 Å². The highest BCUT2D eigenvalue weighted by molar-refractivity contribution is 6.33. The lowest BCUT2D eigenvalue weighted by molar-refractivity contribution is 0.300. The summed E-state index contributed by atoms with van der Waals surface area (Å²) in [5, 5.41) is 8.61. The van der Waals surface area contributed by atoms with Gasteiger partial charge < -0.3 is 5.32 Å². The summed E-state index contributed by atoms with van der Waals surface area (Å²) < 4.78 is 1.83. The van der Waals surface area contributed by atoms with Crippen molar-refractivity contribution >= 4 is 17.3 Å². The van der Waals surface area contributed by atoms with Gasteiger partial charge in [0.2, 0.25) is 0 Å². The number of hydrogen-bond acceptors (Lipinski definition) is 2. The number of para-hydroxylation sites is 1. The average molecular weight is 304 g/mol. The Morgan fingerprint density at radius 1 is 1.24 bits per heavy atom. The first-order chi connectivity index (χ1) is 10.2. The third-order valence-corrected chi connectivity index (χ3v) is 4.74. The maximum absolute atomic E-state index is 6.36. The molecular formula is C17H22ClN3. The molecule has 1 aromatic carbocycles. The summed E-state index contributed by atoms with van der Waals surface area (Å²) in [4.78, 5) is 0. The predicted molar refractivity (Wildman–Crippen MR) is 88.2 cm³/mol. The molecule has 0 amide bonds. The van der Waals surface area contributed by atoms with Gasteiger partial charge in [0.15, 0.2) is 0 Å². The Hall–Kier alpha value is -1.48. The lowest BCUT2D eigenvalue weighted by Gasteiger charge is -2.27. The summed E-state index contributed by atoms with van der Waals surface area (Å²) in [6.45, 7) is 3.37. The number of benzene rings is 1. The van der Waals surface area contributed by atoms with Gasteiger partial charge in [0.1, 0.15) is 5.69 Å². The average Bonchev–Trinajstić information content (AvgIpc) is 3.00. The van der Waals surface area contributed by atoms with Crippen molar-refractivity contribution < 1.29 is 0 Å². The van der Waals surface area contributed by atoms with E-state index in [1.54, 1.807) is 6.20 Å². The largest absolute Gasteiger partial charge is 0.383 e. The van der Waals surface area contributed by atoms with Crippen molar-refractivity contribution in [3.63, 3.8) is 0 Å². The minimum absolute atomic E-state index is 0.723. The van der Waals surface area contributed by atoms with Crippen molar-refractivity contribution in [3.05, 3.63) is 41.7 Å². The lowest BCUT2D eigenvalue weighted by Crippen LogP contribution is -2.20. The van der Waals surface area contributed by atoms with Crippen LogP contribution in [0.3, 0.4) is 0 Å². The topological polar surface area (TPSA) is 29.9 Å². The molecule has 0 radical (unpaired) electrons. The second-order valence-electron chi connectivity index (χ2n) is 6.09. The summed E-state index contributed by atoms with van der Waals surface area (Å²) in [6, 6.07) is 7.89. The van der Waals surface area contributed by atoms with E-state index in [1.807, 2.05) is 29.1 Å². The number of hydrogen-bond donors (Lipinski definition) is 1. The van der Waals surface area contributed by atoms with Crippen molar-refractivity contribution in [1.82, 2.24) is 9.78 Å². The first-order valence-electron chi connectivity index (χ1n) is 7.76. The van der Waals surface area contributed by atoms with E-state index in [0.717, 1.165) is 34.8 Å². The highest BCUT2D eigenvalue weighted by atomic mass is 35.5. The monoisotopic (exact) mass is 303 g/mol. The molecule has 1 fully saturated rings. The molecule has 112 valence electrons. The molecule has 0 spiro atoms. The Morgan fingerprint density at radius 3 is 2.76 bits per heavy atom. The molecule has 0 unspecified atom stereocenters. The van der Waals surface area contributed by atoms with Crippen molar-refractivity contribution in [2.45, 2.75) is 32.6 Å². The van der Waals surface area contributed by atoms with E-state index < -0.39 is 0 Å². The van der Waals surface area contributed by atoms with Crippen LogP contribution in [0.4, 0.5) is 5.69 Å². The summed E-state index contributed by atoms with van der Waals surface area (Å²) in [6.07, 6.45) is 9.06. The van der Waals surface area contributed by atoms with Gasteiger partial charge in [0, 0.05) is 18.9 Å². The van der Waals surface area contributed by atoms with Crippen LogP contribution in [-0.4, -0.2) is 16.3 Å². The Kier molecular flexibility index (Phi) is 4.49. The summed E-state index contributed by atoms with van der Waals surface area (Å²) in [5.41, 5.74) is 2.00. The van der Waals surface area contributed by atoms with Crippen LogP contribution in [0, 0.1) is 11.8 Å². The number of anilines is 1. The molecule has 4 heteroatoms. The van der Waals surface area contributed by atoms with Gasteiger partial charge in [0.05, 0.1) is 10.7 Å². The molecule has 0 aliphatic heterocycles. The Balaban J connectivity index is 1.72. The molecule has 3 nitrogen and oxygen atoms in total. The van der Waals surface area contributed by atoms with Gasteiger partial charge in [-0.2, -0.15) is 5.10 Å². The molecule has 1 heterocycles. The number of aromatic nitrogens is 2. The van der Waals surface area contributed by atoms with Gasteiger partial charge in [-0.25, -0.2) is 4.68 Å². The van der Waals surface area contributed by atoms with E-state index >= 15 is 0 Å². The fourth-order valence-corrected chi connectivity index (χ4v) is 3.34. The van der Waals surface area contributed by atoms with Crippen molar-refractivity contribution in [3.8, 4) is 5.69 Å². The minimum atomic E-state index is 0.723. The molecule has 1 aliphatic rings. The van der Waals surface area contributed by atoms with Crippen LogP contribution >= 0.6 is 11.6 Å². The standard InChI is InChI=1S/C17H22ClN3/c1-13-6-8-14(9-7-13)12-19-16-5-2-4-15(18)17(16)21-11-3-10-20-21/h2-5,10-11,13-14,19H,6-9,12H2,1H3. The zero-order chi connectivity index (χ0) is 14.7. The van der Waals surface area contributed by atoms with Crippen LogP contribution < -0.4 is 5.32 Å². The minimum Gasteiger partial charge on any atom is -0.383 e. The quantitative estimate of drug-likeness (QED) is 0.882. The van der Waals surface area contributed by atoms with Crippen molar-refractivity contribution in [2.24, 2.45) is 11.8 Å². The summed E-state index contributed by atoms with van der Waals surface area (Å²) in [7, 11) is 0. The Morgan fingerprint density at radius 2 is 2.05 bits per heavy atom. The highest BCUT2D eigenvalue weighted by Gasteiger charge is 2.18. The second kappa shape index (κ2) is 6.52. The molecule has 2 aromatic rings. The molecule has 21 heavy (non-hydrogen) atoms. The van der Waals surface area contributed by atoms with Crippen LogP contribution in [0.2, 0.25) is 5.02 Å². The number of nitrogens with zero attached hydrogens (tertiary/aromatic N) is 2. The summed E-state index contributed by atoms with van der Waals surface area (Å²) >= 11 is 6.36. The van der Waals surface area contributed by atoms with Crippen LogP contribution in [0.25, 0.3) is 5.69 Å². The van der Waals surface area contributed by atoms with E-state index in [1.165, 1.54) is 25.7 Å². The van der Waals surface area contributed by atoms with Crippen molar-refractivity contribution in [1.29, 1.82) is 0 Å². The number of rotatable bonds is 4. The Labute approximate surface area is 131 Å². The van der Waals surface area contributed by atoms with Crippen molar-refractivity contribution in [2.75, 3.05) is 11.9 Å². The van der Waals surface area contributed by atoms with Gasteiger partial charge in [-0.05, 0) is 42.9 Å². The number of halogens is 1. The zero-order valence-corrected chi connectivity index (χ0v) is 13.2. The lowest BCUT2D eigenvalue weighted by atomic mass is 9.83. The van der Waals surface area contributed by atoms with Gasteiger partial charge in [-0.1, -0.05) is 37.4 Å².